The van der Waals surface area contributed by atoms with Crippen molar-refractivity contribution in [2.75, 3.05) is 7.11 Å². The molecule has 1 aliphatic rings. The smallest absolute Gasteiger partial charge is 0.267 e. The van der Waals surface area contributed by atoms with E-state index in [0.29, 0.717) is 46.2 Å². The number of carbonyl (C=O) groups excluding carboxylic acids is 1. The number of nitrogens with one attached hydrogen (secondary N) is 1. The van der Waals surface area contributed by atoms with E-state index in [2.05, 4.69) is 24.1 Å². The maximum Gasteiger partial charge on any atom is 0.267 e. The minimum Gasteiger partial charge on any atom is -0.497 e. The quantitative estimate of drug-likeness (QED) is 0.772. The molecule has 7 nitrogen and oxygen atoms in total. The zero-order valence-corrected chi connectivity index (χ0v) is 15.4. The van der Waals surface area contributed by atoms with Gasteiger partial charge in [0.2, 0.25) is 0 Å². The third-order valence-electron chi connectivity index (χ3n) is 4.67. The molecule has 3 heterocycles. The lowest BCUT2D eigenvalue weighted by atomic mass is 10.0. The summed E-state index contributed by atoms with van der Waals surface area (Å²) in [5, 5.41) is 3.43. The first-order valence-corrected chi connectivity index (χ1v) is 8.86. The van der Waals surface area contributed by atoms with Crippen LogP contribution in [0.3, 0.4) is 0 Å². The number of fused-ring (bicyclic) bond motifs is 4. The molecule has 1 amide bonds. The first-order valence-electron chi connectivity index (χ1n) is 8.86. The Morgan fingerprint density at radius 2 is 2.07 bits per heavy atom. The van der Waals surface area contributed by atoms with Crippen molar-refractivity contribution in [1.82, 2.24) is 19.9 Å². The summed E-state index contributed by atoms with van der Waals surface area (Å²) in [6, 6.07) is 8.16. The molecule has 138 valence electrons. The van der Waals surface area contributed by atoms with Gasteiger partial charge in [-0.25, -0.2) is 14.5 Å². The van der Waals surface area contributed by atoms with Gasteiger partial charge in [0.1, 0.15) is 11.6 Å². The summed E-state index contributed by atoms with van der Waals surface area (Å²) in [5.74, 6) is 1.43. The summed E-state index contributed by atoms with van der Waals surface area (Å²) in [6.45, 7) is 4.13. The van der Waals surface area contributed by atoms with Crippen LogP contribution in [-0.2, 0) is 0 Å². The fourth-order valence-electron chi connectivity index (χ4n) is 3.44. The van der Waals surface area contributed by atoms with Crippen LogP contribution in [0.2, 0.25) is 0 Å². The van der Waals surface area contributed by atoms with Gasteiger partial charge in [-0.2, -0.15) is 0 Å². The van der Waals surface area contributed by atoms with E-state index in [1.54, 1.807) is 43.6 Å². The number of nitrogens with zero attached hydrogens (tertiary/aromatic N) is 3. The topological polar surface area (TPSA) is 86.1 Å². The van der Waals surface area contributed by atoms with Gasteiger partial charge in [0.05, 0.1) is 29.6 Å². The lowest BCUT2D eigenvalue weighted by molar-refractivity contribution is 0.0933. The summed E-state index contributed by atoms with van der Waals surface area (Å²) in [6.07, 6.45) is 2.23. The van der Waals surface area contributed by atoms with E-state index in [0.717, 1.165) is 0 Å². The Labute approximate surface area is 156 Å². The summed E-state index contributed by atoms with van der Waals surface area (Å²) < 4.78 is 6.71. The van der Waals surface area contributed by atoms with Gasteiger partial charge in [0, 0.05) is 6.20 Å². The van der Waals surface area contributed by atoms with E-state index in [1.807, 2.05) is 0 Å². The highest BCUT2D eigenvalue weighted by atomic mass is 16.5. The Balaban J connectivity index is 2.09. The number of pyridine rings is 1. The predicted octanol–water partition coefficient (Wildman–Crippen LogP) is 2.62. The molecule has 0 bridgehead atoms. The van der Waals surface area contributed by atoms with Crippen LogP contribution in [0.5, 0.6) is 5.75 Å². The molecule has 3 aromatic rings. The molecule has 27 heavy (non-hydrogen) atoms. The van der Waals surface area contributed by atoms with Crippen molar-refractivity contribution in [2.24, 2.45) is 5.92 Å². The molecule has 7 heteroatoms. The number of carbonyl (C=O) groups is 1. The Morgan fingerprint density at radius 3 is 2.81 bits per heavy atom. The monoisotopic (exact) mass is 364 g/mol. The highest BCUT2D eigenvalue weighted by Crippen LogP contribution is 2.28. The van der Waals surface area contributed by atoms with Crippen molar-refractivity contribution in [1.29, 1.82) is 0 Å². The lowest BCUT2D eigenvalue weighted by Crippen LogP contribution is -2.31. The zero-order valence-electron chi connectivity index (χ0n) is 15.4. The molecule has 0 aliphatic carbocycles. The Bertz CT molecular complexity index is 1100. The first kappa shape index (κ1) is 17.2. The van der Waals surface area contributed by atoms with Crippen LogP contribution >= 0.6 is 0 Å². The minimum atomic E-state index is -0.383. The molecule has 2 aromatic heterocycles. The maximum absolute atomic E-state index is 13.4. The third-order valence-corrected chi connectivity index (χ3v) is 4.67. The maximum atomic E-state index is 13.4. The van der Waals surface area contributed by atoms with Crippen molar-refractivity contribution in [2.45, 2.75) is 26.3 Å². The summed E-state index contributed by atoms with van der Waals surface area (Å²) in [4.78, 5) is 35.2. The molecule has 1 atom stereocenters. The highest BCUT2D eigenvalue weighted by Gasteiger charge is 2.30. The number of ether oxygens (including phenoxy) is 1. The van der Waals surface area contributed by atoms with E-state index in [-0.39, 0.29) is 17.5 Å². The van der Waals surface area contributed by atoms with Gasteiger partial charge in [-0.05, 0) is 42.7 Å². The predicted molar refractivity (Wildman–Crippen MR) is 101 cm³/mol. The van der Waals surface area contributed by atoms with E-state index in [4.69, 9.17) is 9.72 Å². The second-order valence-electron chi connectivity index (χ2n) is 7.02. The molecule has 0 radical (unpaired) electrons. The number of amides is 1. The average molecular weight is 364 g/mol. The van der Waals surface area contributed by atoms with Crippen LogP contribution in [0.15, 0.2) is 41.3 Å². The molecular formula is C20H20N4O3. The molecule has 1 unspecified atom stereocenters. The van der Waals surface area contributed by atoms with Gasteiger partial charge in [-0.15, -0.1) is 0 Å². The number of methoxy groups -OCH3 is 1. The van der Waals surface area contributed by atoms with Gasteiger partial charge < -0.3 is 10.1 Å². The molecule has 0 spiro atoms. The van der Waals surface area contributed by atoms with E-state index < -0.39 is 0 Å². The first-order chi connectivity index (χ1) is 13.0. The molecular weight excluding hydrogens is 344 g/mol. The standard InChI is InChI=1S/C20H20N4O3/c1-11(2)9-16-18-22-15-7-6-12(27-3)10-14(15)20(26)24(18)17-13(19(25)23-16)5-4-8-21-17/h4-8,10-11,16H,9H2,1-3H3,(H,23,25). The van der Waals surface area contributed by atoms with Gasteiger partial charge in [0.25, 0.3) is 11.5 Å². The van der Waals surface area contributed by atoms with Gasteiger partial charge in [-0.3, -0.25) is 9.59 Å². The second kappa shape index (κ2) is 6.50. The largest absolute Gasteiger partial charge is 0.497 e. The van der Waals surface area contributed by atoms with Crippen molar-refractivity contribution >= 4 is 16.8 Å². The fourth-order valence-corrected chi connectivity index (χ4v) is 3.44. The fraction of sp³-hybridized carbons (Fsp3) is 0.300. The van der Waals surface area contributed by atoms with Crippen molar-refractivity contribution < 1.29 is 9.53 Å². The number of benzene rings is 1. The minimum absolute atomic E-state index is 0.254. The average Bonchev–Trinajstić information content (AvgIpc) is 2.77. The third kappa shape index (κ3) is 2.85. The second-order valence-corrected chi connectivity index (χ2v) is 7.02. The molecule has 1 aromatic carbocycles. The van der Waals surface area contributed by atoms with Crippen LogP contribution in [-0.4, -0.2) is 27.6 Å². The Hall–Kier alpha value is -3.22. The van der Waals surface area contributed by atoms with Crippen LogP contribution in [0.4, 0.5) is 0 Å². The van der Waals surface area contributed by atoms with Crippen LogP contribution in [0.25, 0.3) is 16.7 Å². The summed E-state index contributed by atoms with van der Waals surface area (Å²) in [5.41, 5.74) is 0.657. The van der Waals surface area contributed by atoms with Crippen molar-refractivity contribution in [3.63, 3.8) is 0 Å². The molecule has 0 fully saturated rings. The molecule has 0 saturated carbocycles. The van der Waals surface area contributed by atoms with Crippen molar-refractivity contribution in [3.05, 3.63) is 58.3 Å². The highest BCUT2D eigenvalue weighted by molar-refractivity contribution is 5.98. The van der Waals surface area contributed by atoms with E-state index in [1.165, 1.54) is 4.57 Å². The lowest BCUT2D eigenvalue weighted by Gasteiger charge is -2.20. The summed E-state index contributed by atoms with van der Waals surface area (Å²) in [7, 11) is 1.55. The molecule has 1 N–H and O–H groups in total. The van der Waals surface area contributed by atoms with Crippen LogP contribution < -0.4 is 15.6 Å². The van der Waals surface area contributed by atoms with Crippen LogP contribution in [0.1, 0.15) is 42.5 Å². The van der Waals surface area contributed by atoms with Gasteiger partial charge in [0.15, 0.2) is 5.82 Å². The van der Waals surface area contributed by atoms with Crippen molar-refractivity contribution in [3.8, 4) is 11.6 Å². The normalized spacial score (nSPS) is 15.9. The zero-order chi connectivity index (χ0) is 19.1. The van der Waals surface area contributed by atoms with Gasteiger partial charge in [-0.1, -0.05) is 13.8 Å². The Morgan fingerprint density at radius 1 is 1.26 bits per heavy atom. The molecule has 4 rings (SSSR count). The number of rotatable bonds is 3. The van der Waals surface area contributed by atoms with E-state index in [9.17, 15) is 9.59 Å². The SMILES string of the molecule is COc1ccc2nc3n(c(=O)c2c1)-c1ncccc1C(=O)NC3CC(C)C. The van der Waals surface area contributed by atoms with Gasteiger partial charge >= 0.3 is 0 Å². The number of aromatic nitrogens is 3. The Kier molecular flexibility index (Phi) is 4.14. The van der Waals surface area contributed by atoms with Crippen LogP contribution in [0, 0.1) is 5.92 Å². The van der Waals surface area contributed by atoms with E-state index >= 15 is 0 Å². The number of hydrogen-bond acceptors (Lipinski definition) is 5. The molecule has 1 aliphatic heterocycles. The number of hydrogen-bond donors (Lipinski definition) is 1. The molecule has 0 saturated heterocycles. The summed E-state index contributed by atoms with van der Waals surface area (Å²) >= 11 is 0.